The van der Waals surface area contributed by atoms with Crippen molar-refractivity contribution in [3.63, 3.8) is 0 Å². The molecule has 1 atom stereocenters. The Labute approximate surface area is 240 Å². The first-order chi connectivity index (χ1) is 19.3. The Morgan fingerprint density at radius 1 is 1.02 bits per heavy atom. The SMILES string of the molecule is CCCC1=C(C(=O)OCC)[C@H](c2cc(Cl)ccc2OC)n2c(s/c(=C/c3c(OC)cc(OC)cc3OC)c2=O)=N1. The lowest BCUT2D eigenvalue weighted by atomic mass is 9.93. The molecule has 0 spiro atoms. The second-order valence-corrected chi connectivity index (χ2v) is 10.2. The number of carbonyl (C=O) groups excluding carboxylic acids is 1. The van der Waals surface area contributed by atoms with Gasteiger partial charge in [-0.25, -0.2) is 9.79 Å². The third kappa shape index (κ3) is 5.46. The number of aromatic nitrogens is 1. The number of allylic oxidation sites excluding steroid dienone is 1. The molecule has 0 amide bonds. The number of hydrogen-bond donors (Lipinski definition) is 0. The average Bonchev–Trinajstić information content (AvgIpc) is 3.26. The molecule has 1 aliphatic rings. The second kappa shape index (κ2) is 12.6. The van der Waals surface area contributed by atoms with Gasteiger partial charge in [-0.3, -0.25) is 9.36 Å². The molecular weight excluding hydrogens is 556 g/mol. The number of rotatable bonds is 10. The molecule has 0 unspecified atom stereocenters. The minimum Gasteiger partial charge on any atom is -0.496 e. The van der Waals surface area contributed by atoms with Crippen molar-refractivity contribution in [2.75, 3.05) is 35.0 Å². The summed E-state index contributed by atoms with van der Waals surface area (Å²) in [5.74, 6) is 1.41. The molecule has 11 heteroatoms. The predicted molar refractivity (Wildman–Crippen MR) is 154 cm³/mol. The van der Waals surface area contributed by atoms with Crippen LogP contribution in [0.25, 0.3) is 6.08 Å². The number of methoxy groups -OCH3 is 4. The number of thiazole rings is 1. The first-order valence-corrected chi connectivity index (χ1v) is 13.9. The van der Waals surface area contributed by atoms with Gasteiger partial charge in [0.15, 0.2) is 4.80 Å². The topological polar surface area (TPSA) is 97.6 Å². The summed E-state index contributed by atoms with van der Waals surface area (Å²) in [6.07, 6.45) is 2.94. The summed E-state index contributed by atoms with van der Waals surface area (Å²) in [6.45, 7) is 3.90. The second-order valence-electron chi connectivity index (χ2n) is 8.75. The van der Waals surface area contributed by atoms with Gasteiger partial charge in [-0.2, -0.15) is 0 Å². The van der Waals surface area contributed by atoms with Crippen LogP contribution in [-0.4, -0.2) is 45.6 Å². The Balaban J connectivity index is 2.08. The zero-order valence-electron chi connectivity index (χ0n) is 23.2. The molecule has 0 saturated heterocycles. The average molecular weight is 587 g/mol. The summed E-state index contributed by atoms with van der Waals surface area (Å²) in [7, 11) is 6.13. The number of ether oxygens (including phenoxy) is 5. The molecule has 2 heterocycles. The first-order valence-electron chi connectivity index (χ1n) is 12.7. The monoisotopic (exact) mass is 586 g/mol. The van der Waals surface area contributed by atoms with Crippen LogP contribution in [0.2, 0.25) is 5.02 Å². The largest absolute Gasteiger partial charge is 0.496 e. The van der Waals surface area contributed by atoms with Gasteiger partial charge >= 0.3 is 5.97 Å². The van der Waals surface area contributed by atoms with Crippen LogP contribution in [0.5, 0.6) is 23.0 Å². The van der Waals surface area contributed by atoms with Gasteiger partial charge in [0, 0.05) is 22.7 Å². The van der Waals surface area contributed by atoms with Gasteiger partial charge in [0.2, 0.25) is 0 Å². The van der Waals surface area contributed by atoms with Crippen molar-refractivity contribution in [1.82, 2.24) is 4.57 Å². The Morgan fingerprint density at radius 2 is 1.70 bits per heavy atom. The van der Waals surface area contributed by atoms with Gasteiger partial charge in [-0.1, -0.05) is 36.3 Å². The number of halogens is 1. The van der Waals surface area contributed by atoms with Crippen LogP contribution in [0.1, 0.15) is 43.9 Å². The Morgan fingerprint density at radius 3 is 2.27 bits per heavy atom. The normalized spacial score (nSPS) is 14.9. The van der Waals surface area contributed by atoms with Gasteiger partial charge in [0.25, 0.3) is 5.56 Å². The highest BCUT2D eigenvalue weighted by Crippen LogP contribution is 2.38. The molecule has 0 N–H and O–H groups in total. The molecule has 1 aromatic heterocycles. The van der Waals surface area contributed by atoms with Gasteiger partial charge < -0.3 is 23.7 Å². The van der Waals surface area contributed by atoms with Crippen LogP contribution in [0.15, 0.2) is 51.4 Å². The molecule has 212 valence electrons. The van der Waals surface area contributed by atoms with E-state index in [9.17, 15) is 9.59 Å². The summed E-state index contributed by atoms with van der Waals surface area (Å²) in [5.41, 5.74) is 1.59. The van der Waals surface area contributed by atoms with E-state index in [0.717, 1.165) is 6.42 Å². The lowest BCUT2D eigenvalue weighted by Gasteiger charge is -2.27. The molecule has 2 aromatic carbocycles. The standard InChI is InChI=1S/C29H31ClN2O7S/c1-7-9-20-25(28(34)39-8-2)26(19-12-16(30)10-11-21(19)36-4)32-27(33)24(40-29(32)31-20)15-18-22(37-5)13-17(35-3)14-23(18)38-6/h10-15,26H,7-9H2,1-6H3/b24-15+/t26-/m0/s1. The van der Waals surface area contributed by atoms with Crippen molar-refractivity contribution < 1.29 is 28.5 Å². The van der Waals surface area contributed by atoms with E-state index in [-0.39, 0.29) is 17.7 Å². The Hall–Kier alpha value is -3.76. The van der Waals surface area contributed by atoms with Gasteiger partial charge in [0.05, 0.1) is 56.4 Å². The quantitative estimate of drug-likeness (QED) is 0.327. The molecular formula is C29H31ClN2O7S. The van der Waals surface area contributed by atoms with Crippen LogP contribution in [0.3, 0.4) is 0 Å². The third-order valence-electron chi connectivity index (χ3n) is 6.41. The van der Waals surface area contributed by atoms with Crippen molar-refractivity contribution in [1.29, 1.82) is 0 Å². The molecule has 0 saturated carbocycles. The number of benzene rings is 2. The fourth-order valence-electron chi connectivity index (χ4n) is 4.64. The van der Waals surface area contributed by atoms with E-state index in [1.807, 2.05) is 6.92 Å². The van der Waals surface area contributed by atoms with Gasteiger partial charge in [-0.05, 0) is 37.6 Å². The Bertz CT molecular complexity index is 1620. The maximum atomic E-state index is 14.1. The Kier molecular flexibility index (Phi) is 9.21. The third-order valence-corrected chi connectivity index (χ3v) is 7.63. The van der Waals surface area contributed by atoms with Crippen molar-refractivity contribution in [3.8, 4) is 23.0 Å². The molecule has 0 aliphatic carbocycles. The van der Waals surface area contributed by atoms with Crippen LogP contribution in [-0.2, 0) is 9.53 Å². The minimum atomic E-state index is -0.868. The maximum Gasteiger partial charge on any atom is 0.338 e. The molecule has 0 radical (unpaired) electrons. The van der Waals surface area contributed by atoms with Crippen LogP contribution in [0.4, 0.5) is 0 Å². The van der Waals surface area contributed by atoms with Crippen molar-refractivity contribution >= 4 is 35.0 Å². The van der Waals surface area contributed by atoms with E-state index in [1.165, 1.54) is 37.2 Å². The highest BCUT2D eigenvalue weighted by molar-refractivity contribution is 7.07. The number of hydrogen-bond acceptors (Lipinski definition) is 9. The van der Waals surface area contributed by atoms with Crippen LogP contribution >= 0.6 is 22.9 Å². The predicted octanol–water partition coefficient (Wildman–Crippen LogP) is 4.27. The molecule has 4 rings (SSSR count). The van der Waals surface area contributed by atoms with E-state index < -0.39 is 12.0 Å². The molecule has 1 aliphatic heterocycles. The van der Waals surface area contributed by atoms with E-state index in [0.29, 0.717) is 60.6 Å². The number of carbonyl (C=O) groups is 1. The minimum absolute atomic E-state index is 0.169. The van der Waals surface area contributed by atoms with Gasteiger partial charge in [-0.15, -0.1) is 0 Å². The summed E-state index contributed by atoms with van der Waals surface area (Å²) in [4.78, 5) is 32.8. The van der Waals surface area contributed by atoms with E-state index >= 15 is 0 Å². The summed E-state index contributed by atoms with van der Waals surface area (Å²) < 4.78 is 29.5. The van der Waals surface area contributed by atoms with Crippen molar-refractivity contribution in [2.24, 2.45) is 4.99 Å². The smallest absolute Gasteiger partial charge is 0.338 e. The highest BCUT2D eigenvalue weighted by atomic mass is 35.5. The van der Waals surface area contributed by atoms with E-state index in [4.69, 9.17) is 40.3 Å². The maximum absolute atomic E-state index is 14.1. The zero-order chi connectivity index (χ0) is 29.0. The molecule has 40 heavy (non-hydrogen) atoms. The summed E-state index contributed by atoms with van der Waals surface area (Å²) in [6, 6.07) is 7.66. The molecule has 0 bridgehead atoms. The van der Waals surface area contributed by atoms with Crippen molar-refractivity contribution in [2.45, 2.75) is 32.7 Å². The number of nitrogens with zero attached hydrogens (tertiary/aromatic N) is 2. The number of fused-ring (bicyclic) bond motifs is 1. The first kappa shape index (κ1) is 29.2. The van der Waals surface area contributed by atoms with Crippen LogP contribution < -0.4 is 33.8 Å². The summed E-state index contributed by atoms with van der Waals surface area (Å²) >= 11 is 7.61. The van der Waals surface area contributed by atoms with Crippen molar-refractivity contribution in [3.05, 3.63) is 77.4 Å². The fourth-order valence-corrected chi connectivity index (χ4v) is 5.82. The van der Waals surface area contributed by atoms with Crippen LogP contribution in [0, 0.1) is 0 Å². The van der Waals surface area contributed by atoms with E-state index in [1.54, 1.807) is 50.4 Å². The fraction of sp³-hybridized carbons (Fsp3) is 0.345. The highest BCUT2D eigenvalue weighted by Gasteiger charge is 2.36. The molecule has 0 fully saturated rings. The lowest BCUT2D eigenvalue weighted by molar-refractivity contribution is -0.139. The van der Waals surface area contributed by atoms with E-state index in [2.05, 4.69) is 0 Å². The number of esters is 1. The molecule has 9 nitrogen and oxygen atoms in total. The zero-order valence-corrected chi connectivity index (χ0v) is 24.8. The molecule has 3 aromatic rings. The lowest BCUT2D eigenvalue weighted by Crippen LogP contribution is -2.40. The van der Waals surface area contributed by atoms with Gasteiger partial charge in [0.1, 0.15) is 29.0 Å². The summed E-state index contributed by atoms with van der Waals surface area (Å²) in [5, 5.41) is 0.433.